The first-order chi connectivity index (χ1) is 10.4. The molecule has 0 N–H and O–H groups in total. The third-order valence-corrected chi connectivity index (χ3v) is 4.71. The molecule has 0 spiro atoms. The maximum absolute atomic E-state index is 12.7. The van der Waals surface area contributed by atoms with E-state index < -0.39 is 12.1 Å². The van der Waals surface area contributed by atoms with E-state index in [-0.39, 0.29) is 18.9 Å². The number of hydrogen-bond donors (Lipinski definition) is 0. The third kappa shape index (κ3) is 3.57. The van der Waals surface area contributed by atoms with Crippen LogP contribution in [0.5, 0.6) is 5.75 Å². The van der Waals surface area contributed by atoms with Crippen molar-refractivity contribution < 1.29 is 17.9 Å². The lowest BCUT2D eigenvalue weighted by Crippen LogP contribution is -2.31. The molecule has 1 fully saturated rings. The molecule has 1 nitrogen and oxygen atoms in total. The van der Waals surface area contributed by atoms with E-state index in [0.29, 0.717) is 12.8 Å². The van der Waals surface area contributed by atoms with E-state index >= 15 is 0 Å². The van der Waals surface area contributed by atoms with Gasteiger partial charge in [0.2, 0.25) is 0 Å². The zero-order valence-electron chi connectivity index (χ0n) is 11.9. The van der Waals surface area contributed by atoms with Crippen LogP contribution in [0.2, 0.25) is 0 Å². The van der Waals surface area contributed by atoms with Gasteiger partial charge in [-0.3, -0.25) is 0 Å². The van der Waals surface area contributed by atoms with Gasteiger partial charge in [-0.05, 0) is 60.7 Å². The van der Waals surface area contributed by atoms with Gasteiger partial charge in [-0.2, -0.15) is 13.2 Å². The van der Waals surface area contributed by atoms with Crippen LogP contribution in [0.25, 0.3) is 10.8 Å². The van der Waals surface area contributed by atoms with Crippen molar-refractivity contribution in [3.05, 3.63) is 40.9 Å². The molecule has 1 aliphatic rings. The van der Waals surface area contributed by atoms with Gasteiger partial charge < -0.3 is 4.74 Å². The van der Waals surface area contributed by atoms with Crippen molar-refractivity contribution in [3.63, 3.8) is 0 Å². The Morgan fingerprint density at radius 1 is 0.909 bits per heavy atom. The van der Waals surface area contributed by atoms with E-state index in [1.54, 1.807) is 0 Å². The van der Waals surface area contributed by atoms with Gasteiger partial charge in [0.15, 0.2) is 0 Å². The molecule has 1 aliphatic carbocycles. The number of alkyl halides is 3. The molecule has 0 radical (unpaired) electrons. The third-order valence-electron chi connectivity index (χ3n) is 4.21. The summed E-state index contributed by atoms with van der Waals surface area (Å²) in [4.78, 5) is 0. The van der Waals surface area contributed by atoms with Gasteiger partial charge in [-0.1, -0.05) is 28.1 Å². The summed E-state index contributed by atoms with van der Waals surface area (Å²) in [5, 5.41) is 2.16. The summed E-state index contributed by atoms with van der Waals surface area (Å²) >= 11 is 3.43. The highest BCUT2D eigenvalue weighted by Gasteiger charge is 2.41. The minimum atomic E-state index is -4.07. The van der Waals surface area contributed by atoms with Crippen molar-refractivity contribution in [1.82, 2.24) is 0 Å². The lowest BCUT2D eigenvalue weighted by molar-refractivity contribution is -0.185. The summed E-state index contributed by atoms with van der Waals surface area (Å²) in [7, 11) is 0. The number of hydrogen-bond acceptors (Lipinski definition) is 1. The Labute approximate surface area is 135 Å². The van der Waals surface area contributed by atoms with Crippen LogP contribution in [0.4, 0.5) is 13.2 Å². The first kappa shape index (κ1) is 15.7. The van der Waals surface area contributed by atoms with Gasteiger partial charge >= 0.3 is 6.18 Å². The van der Waals surface area contributed by atoms with Crippen LogP contribution >= 0.6 is 15.9 Å². The van der Waals surface area contributed by atoms with Crippen LogP contribution in [-0.2, 0) is 0 Å². The summed E-state index contributed by atoms with van der Waals surface area (Å²) in [5.41, 5.74) is 0. The molecular formula is C17H16BrF3O. The van der Waals surface area contributed by atoms with Gasteiger partial charge in [-0.25, -0.2) is 0 Å². The summed E-state index contributed by atoms with van der Waals surface area (Å²) in [6.07, 6.45) is -2.95. The number of rotatable bonds is 2. The van der Waals surface area contributed by atoms with E-state index in [4.69, 9.17) is 4.74 Å². The summed E-state index contributed by atoms with van der Waals surface area (Å²) < 4.78 is 44.9. The molecule has 0 aliphatic heterocycles. The van der Waals surface area contributed by atoms with Crippen LogP contribution in [0.3, 0.4) is 0 Å². The molecule has 3 rings (SSSR count). The molecule has 0 atom stereocenters. The molecule has 0 amide bonds. The van der Waals surface area contributed by atoms with Gasteiger partial charge in [0, 0.05) is 4.47 Å². The first-order valence-corrected chi connectivity index (χ1v) is 8.14. The monoisotopic (exact) mass is 372 g/mol. The highest BCUT2D eigenvalue weighted by Crippen LogP contribution is 2.38. The Bertz CT molecular complexity index is 660. The van der Waals surface area contributed by atoms with Gasteiger partial charge in [0.1, 0.15) is 5.75 Å². The predicted molar refractivity (Wildman–Crippen MR) is 84.1 cm³/mol. The number of ether oxygens (including phenoxy) is 1. The van der Waals surface area contributed by atoms with Crippen LogP contribution in [-0.4, -0.2) is 12.3 Å². The zero-order chi connectivity index (χ0) is 15.7. The molecule has 22 heavy (non-hydrogen) atoms. The van der Waals surface area contributed by atoms with Crippen molar-refractivity contribution in [2.24, 2.45) is 5.92 Å². The van der Waals surface area contributed by atoms with Crippen LogP contribution in [0.1, 0.15) is 25.7 Å². The normalized spacial score (nSPS) is 22.7. The van der Waals surface area contributed by atoms with E-state index in [2.05, 4.69) is 15.9 Å². The molecule has 0 unspecified atom stereocenters. The number of benzene rings is 2. The van der Waals surface area contributed by atoms with Crippen LogP contribution in [0, 0.1) is 5.92 Å². The molecule has 0 aromatic heterocycles. The average Bonchev–Trinajstić information content (AvgIpc) is 2.46. The fourth-order valence-corrected chi connectivity index (χ4v) is 3.35. The average molecular weight is 373 g/mol. The molecule has 5 heteroatoms. The summed E-state index contributed by atoms with van der Waals surface area (Å²) in [6.45, 7) is 0. The summed E-state index contributed by atoms with van der Waals surface area (Å²) in [5.74, 6) is -0.444. The Hall–Kier alpha value is -1.23. The molecular weight excluding hydrogens is 357 g/mol. The fraction of sp³-hybridized carbons (Fsp3) is 0.412. The molecule has 118 valence electrons. The zero-order valence-corrected chi connectivity index (χ0v) is 13.5. The van der Waals surface area contributed by atoms with E-state index in [1.807, 2.05) is 36.4 Å². The first-order valence-electron chi connectivity index (χ1n) is 7.34. The molecule has 0 heterocycles. The van der Waals surface area contributed by atoms with Gasteiger partial charge in [0.25, 0.3) is 0 Å². The highest BCUT2D eigenvalue weighted by molar-refractivity contribution is 9.10. The van der Waals surface area contributed by atoms with Crippen molar-refractivity contribution >= 4 is 26.7 Å². The minimum absolute atomic E-state index is 0.122. The predicted octanol–water partition coefficient (Wildman–Crippen LogP) is 6.10. The number of halogens is 4. The second-order valence-corrected chi connectivity index (χ2v) is 6.70. The molecule has 0 saturated heterocycles. The minimum Gasteiger partial charge on any atom is -0.490 e. The van der Waals surface area contributed by atoms with E-state index in [1.165, 1.54) is 0 Å². The molecule has 2 aromatic rings. The second-order valence-electron chi connectivity index (χ2n) is 5.79. The van der Waals surface area contributed by atoms with Crippen LogP contribution < -0.4 is 4.74 Å². The van der Waals surface area contributed by atoms with Crippen molar-refractivity contribution in [3.8, 4) is 5.75 Å². The Kier molecular flexibility index (Phi) is 4.35. The van der Waals surface area contributed by atoms with E-state index in [9.17, 15) is 13.2 Å². The second kappa shape index (κ2) is 6.11. The molecule has 0 bridgehead atoms. The maximum atomic E-state index is 12.7. The Morgan fingerprint density at radius 3 is 2.27 bits per heavy atom. The molecule has 2 aromatic carbocycles. The number of fused-ring (bicyclic) bond motifs is 1. The maximum Gasteiger partial charge on any atom is 0.391 e. The standard InChI is InChI=1S/C17H16BrF3O/c18-14-5-1-11-2-6-16(10-12(11)9-14)22-15-7-3-13(4-8-15)17(19,20)21/h1-2,5-6,9-10,13,15H,3-4,7-8H2. The smallest absolute Gasteiger partial charge is 0.391 e. The lowest BCUT2D eigenvalue weighted by Gasteiger charge is -2.30. The quantitative estimate of drug-likeness (QED) is 0.618. The summed E-state index contributed by atoms with van der Waals surface area (Å²) in [6, 6.07) is 11.8. The van der Waals surface area contributed by atoms with Crippen LogP contribution in [0.15, 0.2) is 40.9 Å². The van der Waals surface area contributed by atoms with Gasteiger partial charge in [0.05, 0.1) is 12.0 Å². The largest absolute Gasteiger partial charge is 0.490 e. The van der Waals surface area contributed by atoms with E-state index in [0.717, 1.165) is 21.0 Å². The molecule has 1 saturated carbocycles. The highest BCUT2D eigenvalue weighted by atomic mass is 79.9. The topological polar surface area (TPSA) is 9.23 Å². The van der Waals surface area contributed by atoms with Gasteiger partial charge in [-0.15, -0.1) is 0 Å². The van der Waals surface area contributed by atoms with Crippen molar-refractivity contribution in [2.75, 3.05) is 0 Å². The Balaban J connectivity index is 1.67. The van der Waals surface area contributed by atoms with Crippen molar-refractivity contribution in [1.29, 1.82) is 0 Å². The lowest BCUT2D eigenvalue weighted by atomic mass is 9.87. The fourth-order valence-electron chi connectivity index (χ4n) is 2.97. The SMILES string of the molecule is FC(F)(F)C1CCC(Oc2ccc3ccc(Br)cc3c2)CC1. The Morgan fingerprint density at radius 2 is 1.59 bits per heavy atom. The van der Waals surface area contributed by atoms with Crippen molar-refractivity contribution in [2.45, 2.75) is 38.0 Å².